The number of sulfone groups is 1. The summed E-state index contributed by atoms with van der Waals surface area (Å²) in [6.45, 7) is 10.0. The van der Waals surface area contributed by atoms with Crippen LogP contribution in [0.15, 0.2) is 130 Å². The van der Waals surface area contributed by atoms with Crippen molar-refractivity contribution in [2.24, 2.45) is 5.92 Å². The Morgan fingerprint density at radius 1 is 0.907 bits per heavy atom. The minimum atomic E-state index is -6.04. The Balaban J connectivity index is 0.972. The highest BCUT2D eigenvalue weighted by Gasteiger charge is 2.48. The van der Waals surface area contributed by atoms with Gasteiger partial charge in [0.05, 0.1) is 27.9 Å². The van der Waals surface area contributed by atoms with E-state index in [1.54, 1.807) is 51.3 Å². The van der Waals surface area contributed by atoms with E-state index < -0.39 is 59.3 Å². The Labute approximate surface area is 445 Å². The van der Waals surface area contributed by atoms with E-state index in [2.05, 4.69) is 24.7 Å². The fraction of sp³-hybridized carbons (Fsp3) is 0.389. The van der Waals surface area contributed by atoms with Gasteiger partial charge in [-0.25, -0.2) is 26.0 Å². The first-order chi connectivity index (χ1) is 35.7. The molecule has 2 aliphatic heterocycles. The van der Waals surface area contributed by atoms with Crippen LogP contribution in [0.1, 0.15) is 54.7 Å². The second-order valence-electron chi connectivity index (χ2n) is 18.9. The molecular formula is C54H61ClF4N6O7S3. The summed E-state index contributed by atoms with van der Waals surface area (Å²) in [7, 11) is -8.98. The molecule has 3 N–H and O–H groups in total. The Bertz CT molecular complexity index is 3120. The number of sulfonamides is 1. The molecule has 5 aromatic rings. The van der Waals surface area contributed by atoms with Crippen LogP contribution in [0.3, 0.4) is 0 Å². The molecule has 1 aromatic heterocycles. The fourth-order valence-corrected chi connectivity index (χ4v) is 13.3. The first-order valence-corrected chi connectivity index (χ1v) is 29.1. The summed E-state index contributed by atoms with van der Waals surface area (Å²) in [5.41, 5.74) is -1.47. The molecule has 3 atom stereocenters. The largest absolute Gasteiger partial charge is 0.501 e. The summed E-state index contributed by atoms with van der Waals surface area (Å²) in [5.74, 6) is -1.37. The van der Waals surface area contributed by atoms with Gasteiger partial charge < -0.3 is 34.4 Å². The van der Waals surface area contributed by atoms with Gasteiger partial charge in [0, 0.05) is 115 Å². The predicted octanol–water partition coefficient (Wildman–Crippen LogP) is 11.1. The molecular weight excluding hydrogens is 1050 g/mol. The predicted molar refractivity (Wildman–Crippen MR) is 289 cm³/mol. The number of allylic oxidation sites excluding steroid dienone is 3. The van der Waals surface area contributed by atoms with Crippen molar-refractivity contribution in [3.05, 3.63) is 137 Å². The van der Waals surface area contributed by atoms with E-state index in [9.17, 15) is 39.9 Å². The molecule has 3 heterocycles. The number of carboxylic acid groups (broad SMARTS) is 1. The van der Waals surface area contributed by atoms with E-state index in [0.29, 0.717) is 90.8 Å². The Hall–Kier alpha value is -5.51. The van der Waals surface area contributed by atoms with E-state index in [0.717, 1.165) is 54.2 Å². The number of benzene rings is 4. The van der Waals surface area contributed by atoms with Crippen LogP contribution in [-0.2, 0) is 31.1 Å². The molecule has 0 spiro atoms. The van der Waals surface area contributed by atoms with Crippen molar-refractivity contribution in [2.75, 3.05) is 73.6 Å². The van der Waals surface area contributed by atoms with Crippen molar-refractivity contribution in [2.45, 2.75) is 85.1 Å². The van der Waals surface area contributed by atoms with Crippen molar-refractivity contribution < 1.29 is 49.0 Å². The lowest BCUT2D eigenvalue weighted by molar-refractivity contribution is -0.0436. The summed E-state index contributed by atoms with van der Waals surface area (Å²) in [6, 6.07) is 25.1. The number of carboxylic acids is 1. The second kappa shape index (κ2) is 23.4. The fourth-order valence-electron chi connectivity index (χ4n) is 10.0. The number of ether oxygens (including phenoxy) is 1. The van der Waals surface area contributed by atoms with Crippen molar-refractivity contribution in [1.29, 1.82) is 0 Å². The Morgan fingerprint density at radius 2 is 1.56 bits per heavy atom. The summed E-state index contributed by atoms with van der Waals surface area (Å²) < 4.78 is 123. The number of methoxy groups -OCH3 is 1. The number of aromatic nitrogens is 1. The lowest BCUT2D eigenvalue weighted by atomic mass is 9.82. The van der Waals surface area contributed by atoms with Crippen LogP contribution in [0.4, 0.5) is 34.6 Å². The molecule has 402 valence electrons. The van der Waals surface area contributed by atoms with Gasteiger partial charge in [-0.15, -0.1) is 11.8 Å². The lowest BCUT2D eigenvalue weighted by Gasteiger charge is -2.39. The van der Waals surface area contributed by atoms with Crippen LogP contribution < -0.4 is 14.9 Å². The summed E-state index contributed by atoms with van der Waals surface area (Å²) in [6.07, 6.45) is 4.34. The topological polar surface area (TPSA) is 154 Å². The number of carbonyl (C=O) groups is 1. The quantitative estimate of drug-likeness (QED) is 0.0533. The van der Waals surface area contributed by atoms with Crippen molar-refractivity contribution in [1.82, 2.24) is 14.4 Å². The van der Waals surface area contributed by atoms with E-state index in [1.165, 1.54) is 23.9 Å². The minimum absolute atomic E-state index is 0.0892. The summed E-state index contributed by atoms with van der Waals surface area (Å²) in [5, 5.41) is 14.1. The average molecular weight is 1110 g/mol. The Morgan fingerprint density at radius 3 is 2.17 bits per heavy atom. The number of alkyl halides is 4. The first kappa shape index (κ1) is 55.7. The number of nitrogens with one attached hydrogen (secondary N) is 2. The number of aromatic carboxylic acids is 1. The van der Waals surface area contributed by atoms with Crippen LogP contribution in [-0.4, -0.2) is 125 Å². The van der Waals surface area contributed by atoms with E-state index >= 15 is 4.39 Å². The first-order valence-electron chi connectivity index (χ1n) is 24.8. The lowest BCUT2D eigenvalue weighted by Crippen LogP contribution is -2.46. The zero-order valence-corrected chi connectivity index (χ0v) is 45.2. The van der Waals surface area contributed by atoms with Crippen LogP contribution in [0.25, 0.3) is 16.8 Å². The molecule has 2 unspecified atom stereocenters. The molecule has 75 heavy (non-hydrogen) atoms. The van der Waals surface area contributed by atoms with Crippen LogP contribution in [0, 0.1) is 12.8 Å². The number of hydrogen-bond acceptors (Lipinski definition) is 11. The molecule has 8 rings (SSSR count). The van der Waals surface area contributed by atoms with Crippen LogP contribution >= 0.6 is 23.4 Å². The number of piperazine rings is 1. The number of anilines is 3. The number of nitrogens with zero attached hydrogens (tertiary/aromatic N) is 4. The average Bonchev–Trinajstić information content (AvgIpc) is 3.71. The molecule has 2 saturated heterocycles. The van der Waals surface area contributed by atoms with E-state index in [-0.39, 0.29) is 23.0 Å². The van der Waals surface area contributed by atoms with Gasteiger partial charge in [-0.1, -0.05) is 48.9 Å². The van der Waals surface area contributed by atoms with Gasteiger partial charge >= 0.3 is 11.5 Å². The zero-order chi connectivity index (χ0) is 53.8. The molecule has 1 aliphatic carbocycles. The molecule has 21 heteroatoms. The highest BCUT2D eigenvalue weighted by atomic mass is 35.5. The minimum Gasteiger partial charge on any atom is -0.478 e. The van der Waals surface area contributed by atoms with Gasteiger partial charge in [-0.2, -0.15) is 13.2 Å². The highest BCUT2D eigenvalue weighted by Crippen LogP contribution is 2.44. The number of piperidine rings is 1. The molecule has 0 bridgehead atoms. The molecule has 3 aliphatic rings. The van der Waals surface area contributed by atoms with Crippen LogP contribution in [0.5, 0.6) is 0 Å². The van der Waals surface area contributed by atoms with Gasteiger partial charge in [0.25, 0.3) is 19.9 Å². The highest BCUT2D eigenvalue weighted by molar-refractivity contribution is 7.99. The van der Waals surface area contributed by atoms with Crippen molar-refractivity contribution in [3.8, 4) is 11.3 Å². The SMILES string of the molecule is CCn1c(C)c(C(=O)O)c(C2=CC(N3CCN(c4ccc(NS(=O)(=O)c5ccc(N[C@H](CCN6CCC(OC)CC6)CSc6ccccc6)c(S(=O)(=O)C(F)(F)F)c5)cc4)CC3)=CC(F)C2C)c1-c1ccc(Cl)cc1. The molecule has 2 fully saturated rings. The molecule has 0 radical (unpaired) electrons. The smallest absolute Gasteiger partial charge is 0.478 e. The van der Waals surface area contributed by atoms with Crippen molar-refractivity contribution in [3.63, 3.8) is 0 Å². The van der Waals surface area contributed by atoms with Gasteiger partial charge in [0.1, 0.15) is 11.1 Å². The summed E-state index contributed by atoms with van der Waals surface area (Å²) >= 11 is 7.70. The number of rotatable bonds is 19. The van der Waals surface area contributed by atoms with Gasteiger partial charge in [0.15, 0.2) is 0 Å². The number of likely N-dealkylation sites (tertiary alicyclic amines) is 1. The maximum atomic E-state index is 16.1. The molecule has 0 amide bonds. The number of halogens is 5. The zero-order valence-electron chi connectivity index (χ0n) is 42.0. The normalized spacial score (nSPS) is 18.6. The second-order valence-corrected chi connectivity index (χ2v) is 24.1. The molecule has 0 saturated carbocycles. The summed E-state index contributed by atoms with van der Waals surface area (Å²) in [4.78, 5) is 18.3. The maximum Gasteiger partial charge on any atom is 0.501 e. The van der Waals surface area contributed by atoms with Gasteiger partial charge in [0.2, 0.25) is 0 Å². The van der Waals surface area contributed by atoms with E-state index in [4.69, 9.17) is 16.3 Å². The molecule has 13 nitrogen and oxygen atoms in total. The van der Waals surface area contributed by atoms with Gasteiger partial charge in [-0.05, 0) is 123 Å². The third kappa shape index (κ3) is 12.5. The monoisotopic (exact) mass is 1110 g/mol. The third-order valence-electron chi connectivity index (χ3n) is 14.3. The van der Waals surface area contributed by atoms with E-state index in [1.807, 2.05) is 60.0 Å². The number of hydrogen-bond donors (Lipinski definition) is 3. The molecule has 4 aromatic carbocycles. The van der Waals surface area contributed by atoms with Crippen molar-refractivity contribution >= 4 is 71.8 Å². The van der Waals surface area contributed by atoms with Crippen LogP contribution in [0.2, 0.25) is 5.02 Å². The Kier molecular flexibility index (Phi) is 17.4. The standard InChI is InChI=1S/C54H61ClF4N6O7S3/c1-5-65-36(3)50(53(66)67)51(52(65)37-11-13-38(55)14-12-37)46-31-42(32-47(56)35(46)2)64-29-27-63(28-30-64)41-17-15-39(16-18-41)61-75(70,71)45-19-20-48(49(33-45)74(68,69)54(57,58)59)60-40(34-73-44-9-7-6-8-10-44)21-24-62-25-22-43(72-4)23-26-62/h6-20,31-33,35,40,43,47,60-61H,5,21-30,34H2,1-4H3,(H,66,67)/t35?,40-,47?/m1/s1. The van der Waals surface area contributed by atoms with Gasteiger partial charge in [-0.3, -0.25) is 4.72 Å². The third-order valence-corrected chi connectivity index (χ3v) is 18.6. The number of thioether (sulfide) groups is 1. The maximum absolute atomic E-state index is 16.1.